The molecule has 0 amide bonds. The monoisotopic (exact) mass is 295 g/mol. The van der Waals surface area contributed by atoms with E-state index in [1.807, 2.05) is 0 Å². The quantitative estimate of drug-likeness (QED) is 0.884. The number of nitrogens with zero attached hydrogens (tertiary/aromatic N) is 2. The Morgan fingerprint density at radius 2 is 2.05 bits per heavy atom. The lowest BCUT2D eigenvalue weighted by Crippen LogP contribution is -2.15. The Bertz CT molecular complexity index is 666. The van der Waals surface area contributed by atoms with E-state index in [2.05, 4.69) is 5.10 Å². The zero-order chi connectivity index (χ0) is 15.0. The second kappa shape index (κ2) is 5.52. The first-order valence-corrected chi connectivity index (χ1v) is 7.04. The van der Waals surface area contributed by atoms with Crippen molar-refractivity contribution in [1.29, 1.82) is 0 Å². The summed E-state index contributed by atoms with van der Waals surface area (Å²) in [5.41, 5.74) is 7.47. The van der Waals surface area contributed by atoms with Crippen molar-refractivity contribution >= 4 is 0 Å². The van der Waals surface area contributed by atoms with Gasteiger partial charge in [0.1, 0.15) is 5.69 Å². The minimum absolute atomic E-state index is 0.0523. The highest BCUT2D eigenvalue weighted by molar-refractivity contribution is 5.39. The summed E-state index contributed by atoms with van der Waals surface area (Å²) in [6, 6.07) is 2.13. The van der Waals surface area contributed by atoms with E-state index in [-0.39, 0.29) is 5.69 Å². The molecule has 1 aromatic carbocycles. The minimum Gasteiger partial charge on any atom is -0.330 e. The number of nitrogens with two attached hydrogens (primary N) is 1. The number of aromatic nitrogens is 2. The van der Waals surface area contributed by atoms with Crippen molar-refractivity contribution in [3.8, 4) is 5.69 Å². The standard InChI is InChI=1S/C15H16F3N3/c16-11-4-5-13(15(18)14(11)17)21-12-3-1-2-9(6-7-19)10(12)8-20-21/h4-5,8-9H,1-3,6-7,19H2. The van der Waals surface area contributed by atoms with E-state index in [0.29, 0.717) is 12.5 Å². The summed E-state index contributed by atoms with van der Waals surface area (Å²) in [6.07, 6.45) is 5.26. The molecule has 21 heavy (non-hydrogen) atoms. The third-order valence-corrected chi connectivity index (χ3v) is 4.07. The van der Waals surface area contributed by atoms with E-state index in [0.717, 1.165) is 43.0 Å². The van der Waals surface area contributed by atoms with Crippen LogP contribution in [0.4, 0.5) is 13.2 Å². The summed E-state index contributed by atoms with van der Waals surface area (Å²) in [4.78, 5) is 0. The van der Waals surface area contributed by atoms with Crippen LogP contribution in [0.2, 0.25) is 0 Å². The van der Waals surface area contributed by atoms with Gasteiger partial charge < -0.3 is 5.73 Å². The fourth-order valence-electron chi connectivity index (χ4n) is 3.04. The van der Waals surface area contributed by atoms with E-state index >= 15 is 0 Å². The van der Waals surface area contributed by atoms with Gasteiger partial charge in [0.15, 0.2) is 17.5 Å². The highest BCUT2D eigenvalue weighted by Crippen LogP contribution is 2.35. The molecule has 0 saturated heterocycles. The van der Waals surface area contributed by atoms with Crippen molar-refractivity contribution < 1.29 is 13.2 Å². The van der Waals surface area contributed by atoms with E-state index in [1.54, 1.807) is 6.20 Å². The van der Waals surface area contributed by atoms with Gasteiger partial charge in [0, 0.05) is 5.69 Å². The molecule has 0 bridgehead atoms. The average Bonchev–Trinajstić information content (AvgIpc) is 2.90. The molecule has 1 heterocycles. The van der Waals surface area contributed by atoms with Crippen LogP contribution in [-0.2, 0) is 6.42 Å². The lowest BCUT2D eigenvalue weighted by Gasteiger charge is -2.22. The number of benzene rings is 1. The maximum absolute atomic E-state index is 13.9. The van der Waals surface area contributed by atoms with Gasteiger partial charge in [0.05, 0.1) is 6.20 Å². The topological polar surface area (TPSA) is 43.8 Å². The minimum atomic E-state index is -1.47. The van der Waals surface area contributed by atoms with E-state index in [9.17, 15) is 13.2 Å². The molecule has 1 aliphatic carbocycles. The van der Waals surface area contributed by atoms with Crippen molar-refractivity contribution in [2.45, 2.75) is 31.6 Å². The Hall–Kier alpha value is -1.82. The van der Waals surface area contributed by atoms with Crippen LogP contribution >= 0.6 is 0 Å². The molecule has 0 fully saturated rings. The van der Waals surface area contributed by atoms with Crippen LogP contribution in [0.15, 0.2) is 18.3 Å². The van der Waals surface area contributed by atoms with Crippen molar-refractivity contribution in [3.05, 3.63) is 47.0 Å². The predicted octanol–water partition coefficient (Wildman–Crippen LogP) is 3.06. The molecule has 0 aliphatic heterocycles. The van der Waals surface area contributed by atoms with E-state index in [1.165, 1.54) is 10.7 Å². The first-order chi connectivity index (χ1) is 10.1. The highest BCUT2D eigenvalue weighted by Gasteiger charge is 2.26. The summed E-state index contributed by atoms with van der Waals surface area (Å²) < 4.78 is 41.8. The van der Waals surface area contributed by atoms with Gasteiger partial charge in [-0.3, -0.25) is 0 Å². The highest BCUT2D eigenvalue weighted by atomic mass is 19.2. The van der Waals surface area contributed by atoms with E-state index in [4.69, 9.17) is 5.73 Å². The van der Waals surface area contributed by atoms with Gasteiger partial charge in [-0.15, -0.1) is 0 Å². The number of rotatable bonds is 3. The van der Waals surface area contributed by atoms with Gasteiger partial charge in [0.25, 0.3) is 0 Å². The lowest BCUT2D eigenvalue weighted by molar-refractivity contribution is 0.441. The largest absolute Gasteiger partial charge is 0.330 e. The number of hydrogen-bond donors (Lipinski definition) is 1. The van der Waals surface area contributed by atoms with Crippen LogP contribution in [0.5, 0.6) is 0 Å². The van der Waals surface area contributed by atoms with Gasteiger partial charge in [-0.05, 0) is 55.8 Å². The molecule has 2 aromatic rings. The maximum atomic E-state index is 13.9. The molecule has 1 aliphatic rings. The molecular weight excluding hydrogens is 279 g/mol. The summed E-state index contributed by atoms with van der Waals surface area (Å²) in [5, 5.41) is 4.18. The number of fused-ring (bicyclic) bond motifs is 1. The molecule has 3 rings (SSSR count). The normalized spacial score (nSPS) is 17.8. The van der Waals surface area contributed by atoms with Crippen molar-refractivity contribution in [2.75, 3.05) is 6.54 Å². The molecule has 6 heteroatoms. The fourth-order valence-corrected chi connectivity index (χ4v) is 3.04. The first kappa shape index (κ1) is 14.1. The maximum Gasteiger partial charge on any atom is 0.196 e. The Morgan fingerprint density at radius 3 is 2.81 bits per heavy atom. The molecule has 1 aromatic heterocycles. The van der Waals surface area contributed by atoms with Gasteiger partial charge in [-0.2, -0.15) is 5.10 Å². The molecule has 3 nitrogen and oxygen atoms in total. The number of halogens is 3. The predicted molar refractivity (Wildman–Crippen MR) is 72.8 cm³/mol. The second-order valence-corrected chi connectivity index (χ2v) is 5.32. The van der Waals surface area contributed by atoms with Crippen LogP contribution in [0.25, 0.3) is 5.69 Å². The molecular formula is C15H16F3N3. The van der Waals surface area contributed by atoms with Crippen molar-refractivity contribution in [3.63, 3.8) is 0 Å². The molecule has 1 unspecified atom stereocenters. The Morgan fingerprint density at radius 1 is 1.24 bits per heavy atom. The van der Waals surface area contributed by atoms with Crippen molar-refractivity contribution in [1.82, 2.24) is 9.78 Å². The summed E-state index contributed by atoms with van der Waals surface area (Å²) in [5.74, 6) is -3.56. The van der Waals surface area contributed by atoms with Crippen molar-refractivity contribution in [2.24, 2.45) is 5.73 Å². The lowest BCUT2D eigenvalue weighted by atomic mass is 9.85. The first-order valence-electron chi connectivity index (χ1n) is 7.04. The third-order valence-electron chi connectivity index (χ3n) is 4.07. The Balaban J connectivity index is 2.07. The zero-order valence-electron chi connectivity index (χ0n) is 11.5. The molecule has 1 atom stereocenters. The van der Waals surface area contributed by atoms with Crippen LogP contribution in [0.3, 0.4) is 0 Å². The van der Waals surface area contributed by atoms with Gasteiger partial charge >= 0.3 is 0 Å². The molecule has 0 saturated carbocycles. The van der Waals surface area contributed by atoms with Crippen LogP contribution in [0, 0.1) is 17.5 Å². The average molecular weight is 295 g/mol. The zero-order valence-corrected chi connectivity index (χ0v) is 11.5. The molecule has 112 valence electrons. The fraction of sp³-hybridized carbons (Fsp3) is 0.400. The Kier molecular flexibility index (Phi) is 3.71. The molecule has 0 spiro atoms. The summed E-state index contributed by atoms with van der Waals surface area (Å²) in [7, 11) is 0. The van der Waals surface area contributed by atoms with Gasteiger partial charge in [-0.1, -0.05) is 0 Å². The summed E-state index contributed by atoms with van der Waals surface area (Å²) in [6.45, 7) is 0.578. The van der Waals surface area contributed by atoms with Crippen LogP contribution < -0.4 is 5.73 Å². The third kappa shape index (κ3) is 2.33. The van der Waals surface area contributed by atoms with Gasteiger partial charge in [0.2, 0.25) is 0 Å². The molecule has 2 N–H and O–H groups in total. The van der Waals surface area contributed by atoms with Crippen LogP contribution in [-0.4, -0.2) is 16.3 Å². The SMILES string of the molecule is NCCC1CCCc2c1cnn2-c1ccc(F)c(F)c1F. The van der Waals surface area contributed by atoms with Crippen LogP contribution in [0.1, 0.15) is 36.4 Å². The van der Waals surface area contributed by atoms with Gasteiger partial charge in [-0.25, -0.2) is 17.9 Å². The molecule has 0 radical (unpaired) electrons. The Labute approximate surface area is 120 Å². The summed E-state index contributed by atoms with van der Waals surface area (Å²) >= 11 is 0. The number of hydrogen-bond acceptors (Lipinski definition) is 2. The van der Waals surface area contributed by atoms with E-state index < -0.39 is 17.5 Å². The second-order valence-electron chi connectivity index (χ2n) is 5.32. The smallest absolute Gasteiger partial charge is 0.196 e.